The van der Waals surface area contributed by atoms with Crippen LogP contribution in [0.4, 0.5) is 4.39 Å². The maximum Gasteiger partial charge on any atom is 0.172 e. The van der Waals surface area contributed by atoms with E-state index in [1.165, 1.54) is 13.2 Å². The second kappa shape index (κ2) is 5.91. The quantitative estimate of drug-likeness (QED) is 0.816. The third-order valence-electron chi connectivity index (χ3n) is 2.93. The molecule has 0 saturated heterocycles. The van der Waals surface area contributed by atoms with E-state index in [0.717, 1.165) is 12.8 Å². The van der Waals surface area contributed by atoms with Gasteiger partial charge in [-0.05, 0) is 25.8 Å². The molecule has 2 rings (SSSR count). The lowest BCUT2D eigenvalue weighted by Crippen LogP contribution is -2.17. The van der Waals surface area contributed by atoms with Gasteiger partial charge in [-0.2, -0.15) is 0 Å². The van der Waals surface area contributed by atoms with E-state index in [-0.39, 0.29) is 11.6 Å². The zero-order valence-electron chi connectivity index (χ0n) is 10.5. The number of halogens is 1. The van der Waals surface area contributed by atoms with Gasteiger partial charge in [0.05, 0.1) is 7.11 Å². The van der Waals surface area contributed by atoms with Crippen molar-refractivity contribution in [2.75, 3.05) is 26.9 Å². The monoisotopic (exact) mass is 255 g/mol. The van der Waals surface area contributed by atoms with Crippen LogP contribution >= 0.6 is 0 Å². The minimum Gasteiger partial charge on any atom is -0.494 e. The van der Waals surface area contributed by atoms with E-state index in [9.17, 15) is 4.39 Å². The molecule has 1 aliphatic heterocycles. The molecular formula is C13H18FNO3. The summed E-state index contributed by atoms with van der Waals surface area (Å²) in [5.41, 5.74) is 5.98. The Kier molecular flexibility index (Phi) is 4.25. The molecule has 0 bridgehead atoms. The fourth-order valence-corrected chi connectivity index (χ4v) is 2.02. The van der Waals surface area contributed by atoms with Crippen LogP contribution in [0.3, 0.4) is 0 Å². The number of nitrogens with two attached hydrogens (primary N) is 1. The summed E-state index contributed by atoms with van der Waals surface area (Å²) in [5.74, 6) is 0.902. The van der Waals surface area contributed by atoms with Crippen LogP contribution in [0.2, 0.25) is 0 Å². The second-order valence-electron chi connectivity index (χ2n) is 4.14. The van der Waals surface area contributed by atoms with Crippen LogP contribution in [-0.4, -0.2) is 26.9 Å². The molecule has 1 aliphatic rings. The van der Waals surface area contributed by atoms with Crippen molar-refractivity contribution in [3.63, 3.8) is 0 Å². The molecule has 0 fully saturated rings. The Balaban J connectivity index is 2.33. The highest BCUT2D eigenvalue weighted by molar-refractivity contribution is 5.53. The van der Waals surface area contributed by atoms with E-state index in [1.54, 1.807) is 0 Å². The van der Waals surface area contributed by atoms with Crippen LogP contribution in [0.15, 0.2) is 6.07 Å². The molecule has 0 amide bonds. The van der Waals surface area contributed by atoms with Crippen molar-refractivity contribution in [1.29, 1.82) is 0 Å². The number of benzene rings is 1. The largest absolute Gasteiger partial charge is 0.494 e. The normalized spacial score (nSPS) is 13.5. The molecule has 100 valence electrons. The zero-order chi connectivity index (χ0) is 13.0. The van der Waals surface area contributed by atoms with Gasteiger partial charge in [0.2, 0.25) is 0 Å². The first-order chi connectivity index (χ1) is 8.77. The fourth-order valence-electron chi connectivity index (χ4n) is 2.02. The lowest BCUT2D eigenvalue weighted by atomic mass is 10.0. The lowest BCUT2D eigenvalue weighted by Gasteiger charge is -2.22. The Morgan fingerprint density at radius 2 is 2.11 bits per heavy atom. The van der Waals surface area contributed by atoms with Crippen molar-refractivity contribution in [2.24, 2.45) is 5.73 Å². The van der Waals surface area contributed by atoms with Crippen molar-refractivity contribution < 1.29 is 18.6 Å². The van der Waals surface area contributed by atoms with Gasteiger partial charge in [0.25, 0.3) is 0 Å². The Labute approximate surface area is 106 Å². The maximum absolute atomic E-state index is 14.2. The molecular weight excluding hydrogens is 237 g/mol. The van der Waals surface area contributed by atoms with Crippen LogP contribution in [-0.2, 0) is 6.42 Å². The van der Waals surface area contributed by atoms with Crippen LogP contribution in [0.1, 0.15) is 18.4 Å². The zero-order valence-corrected chi connectivity index (χ0v) is 10.5. The van der Waals surface area contributed by atoms with Gasteiger partial charge < -0.3 is 19.9 Å². The summed E-state index contributed by atoms with van der Waals surface area (Å²) >= 11 is 0. The highest BCUT2D eigenvalue weighted by Crippen LogP contribution is 2.41. The number of ether oxygens (including phenoxy) is 3. The molecule has 1 aromatic rings. The van der Waals surface area contributed by atoms with Crippen molar-refractivity contribution in [1.82, 2.24) is 0 Å². The standard InChI is InChI=1S/C13H18FNO3/c1-16-10-8-11-13(18-7-6-17-11)9(12(10)14)4-2-3-5-15/h8H,2-7,15H2,1H3. The average Bonchev–Trinajstić information content (AvgIpc) is 2.41. The SMILES string of the molecule is COc1cc2c(c(CCCCN)c1F)OCCO2. The number of methoxy groups -OCH3 is 1. The van der Waals surface area contributed by atoms with Gasteiger partial charge in [-0.3, -0.25) is 0 Å². The van der Waals surface area contributed by atoms with Gasteiger partial charge in [0.1, 0.15) is 13.2 Å². The van der Waals surface area contributed by atoms with Crippen molar-refractivity contribution in [3.05, 3.63) is 17.4 Å². The molecule has 1 heterocycles. The minimum atomic E-state index is -0.362. The number of rotatable bonds is 5. The molecule has 1 aromatic carbocycles. The van der Waals surface area contributed by atoms with E-state index < -0.39 is 0 Å². The van der Waals surface area contributed by atoms with Gasteiger partial charge in [-0.25, -0.2) is 4.39 Å². The van der Waals surface area contributed by atoms with E-state index >= 15 is 0 Å². The van der Waals surface area contributed by atoms with E-state index in [2.05, 4.69) is 0 Å². The number of unbranched alkanes of at least 4 members (excludes halogenated alkanes) is 1. The van der Waals surface area contributed by atoms with Crippen molar-refractivity contribution >= 4 is 0 Å². The maximum atomic E-state index is 14.2. The molecule has 0 aliphatic carbocycles. The summed E-state index contributed by atoms with van der Waals surface area (Å²) < 4.78 is 30.2. The van der Waals surface area contributed by atoms with Crippen molar-refractivity contribution in [2.45, 2.75) is 19.3 Å². The summed E-state index contributed by atoms with van der Waals surface area (Å²) in [6, 6.07) is 1.54. The lowest BCUT2D eigenvalue weighted by molar-refractivity contribution is 0.167. The predicted octanol–water partition coefficient (Wildman–Crippen LogP) is 1.89. The van der Waals surface area contributed by atoms with Gasteiger partial charge in [0.15, 0.2) is 23.1 Å². The minimum absolute atomic E-state index is 0.196. The third-order valence-corrected chi connectivity index (χ3v) is 2.93. The molecule has 2 N–H and O–H groups in total. The van der Waals surface area contributed by atoms with E-state index in [1.807, 2.05) is 0 Å². The first kappa shape index (κ1) is 13.0. The Hall–Kier alpha value is -1.49. The van der Waals surface area contributed by atoms with Gasteiger partial charge >= 0.3 is 0 Å². The summed E-state index contributed by atoms with van der Waals surface area (Å²) in [4.78, 5) is 0. The number of hydrogen-bond acceptors (Lipinski definition) is 4. The van der Waals surface area contributed by atoms with E-state index in [4.69, 9.17) is 19.9 Å². The van der Waals surface area contributed by atoms with Gasteiger partial charge in [0, 0.05) is 11.6 Å². The predicted molar refractivity (Wildman–Crippen MR) is 65.9 cm³/mol. The van der Waals surface area contributed by atoms with Crippen LogP contribution in [0.25, 0.3) is 0 Å². The van der Waals surface area contributed by atoms with Gasteiger partial charge in [-0.15, -0.1) is 0 Å². The molecule has 0 spiro atoms. The first-order valence-corrected chi connectivity index (χ1v) is 6.13. The molecule has 0 radical (unpaired) electrons. The molecule has 18 heavy (non-hydrogen) atoms. The first-order valence-electron chi connectivity index (χ1n) is 6.13. The smallest absolute Gasteiger partial charge is 0.172 e. The Morgan fingerprint density at radius 3 is 2.83 bits per heavy atom. The fraction of sp³-hybridized carbons (Fsp3) is 0.538. The average molecular weight is 255 g/mol. The number of fused-ring (bicyclic) bond motifs is 1. The van der Waals surface area contributed by atoms with Crippen LogP contribution < -0.4 is 19.9 Å². The molecule has 0 unspecified atom stereocenters. The summed E-state index contributed by atoms with van der Waals surface area (Å²) in [7, 11) is 1.44. The molecule has 5 heteroatoms. The Bertz CT molecular complexity index is 423. The molecule has 0 aromatic heterocycles. The molecule has 0 saturated carbocycles. The van der Waals surface area contributed by atoms with Crippen molar-refractivity contribution in [3.8, 4) is 17.2 Å². The highest BCUT2D eigenvalue weighted by atomic mass is 19.1. The van der Waals surface area contributed by atoms with E-state index in [0.29, 0.717) is 43.2 Å². The Morgan fingerprint density at radius 1 is 1.33 bits per heavy atom. The van der Waals surface area contributed by atoms with Crippen LogP contribution in [0, 0.1) is 5.82 Å². The van der Waals surface area contributed by atoms with Gasteiger partial charge in [-0.1, -0.05) is 0 Å². The van der Waals surface area contributed by atoms with Crippen LogP contribution in [0.5, 0.6) is 17.2 Å². The molecule has 0 atom stereocenters. The third kappa shape index (κ3) is 2.51. The topological polar surface area (TPSA) is 53.7 Å². The summed E-state index contributed by atoms with van der Waals surface area (Å²) in [6.45, 7) is 1.53. The summed E-state index contributed by atoms with van der Waals surface area (Å²) in [6.07, 6.45) is 2.24. The number of hydrogen-bond donors (Lipinski definition) is 1. The second-order valence-corrected chi connectivity index (χ2v) is 4.14. The highest BCUT2D eigenvalue weighted by Gasteiger charge is 2.23. The molecule has 4 nitrogen and oxygen atoms in total. The summed E-state index contributed by atoms with van der Waals surface area (Å²) in [5, 5.41) is 0.